The van der Waals surface area contributed by atoms with Crippen LogP contribution in [-0.2, 0) is 61.8 Å². The number of carbonyl (C=O) groups excluding carboxylic acids is 4. The van der Waals surface area contributed by atoms with E-state index in [1.54, 1.807) is 12.1 Å². The van der Waals surface area contributed by atoms with Crippen LogP contribution in [0.15, 0.2) is 24.3 Å². The first-order valence-electron chi connectivity index (χ1n) is 22.3. The molecule has 12 rings (SSSR count). The van der Waals surface area contributed by atoms with Crippen LogP contribution in [0.2, 0.25) is 0 Å². The summed E-state index contributed by atoms with van der Waals surface area (Å²) in [5.74, 6) is 0.779. The van der Waals surface area contributed by atoms with Gasteiger partial charge in [-0.3, -0.25) is 19.4 Å². The predicted molar refractivity (Wildman–Crippen MR) is 209 cm³/mol. The van der Waals surface area contributed by atoms with Crippen LogP contribution in [0.4, 0.5) is 0 Å². The van der Waals surface area contributed by atoms with Gasteiger partial charge in [-0.2, -0.15) is 0 Å². The number of phenolic OH excluding ortho intramolecular Hbond substituents is 2. The number of ether oxygens (including phenoxy) is 6. The van der Waals surface area contributed by atoms with Gasteiger partial charge >= 0.3 is 11.9 Å². The van der Waals surface area contributed by atoms with Gasteiger partial charge in [0.15, 0.2) is 46.8 Å². The lowest BCUT2D eigenvalue weighted by Gasteiger charge is -2.63. The molecule has 8 atom stereocenters. The quantitative estimate of drug-likeness (QED) is 0.223. The average molecular weight is 825 g/mol. The number of phenols is 2. The van der Waals surface area contributed by atoms with E-state index in [0.29, 0.717) is 61.9 Å². The predicted octanol–water partition coefficient (Wildman–Crippen LogP) is 3.20. The van der Waals surface area contributed by atoms with E-state index in [1.165, 1.54) is 25.7 Å². The van der Waals surface area contributed by atoms with Crippen LogP contribution in [-0.4, -0.2) is 132 Å². The minimum atomic E-state index is -1.02. The van der Waals surface area contributed by atoms with Crippen LogP contribution >= 0.6 is 0 Å². The lowest BCUT2D eigenvalue weighted by molar-refractivity contribution is -0.220. The third-order valence-electron chi connectivity index (χ3n) is 16.4. The summed E-state index contributed by atoms with van der Waals surface area (Å²) in [7, 11) is 0. The number of piperidine rings is 2. The minimum absolute atomic E-state index is 0.00143. The summed E-state index contributed by atoms with van der Waals surface area (Å²) in [5.41, 5.74) is -0.116. The maximum atomic E-state index is 13.9. The largest absolute Gasteiger partial charge is 0.504 e. The first-order valence-corrected chi connectivity index (χ1v) is 22.3. The Bertz CT molecular complexity index is 2070. The molecule has 2 spiro atoms. The number of esters is 2. The van der Waals surface area contributed by atoms with Crippen molar-refractivity contribution in [1.29, 1.82) is 0 Å². The number of Topliss-reactive ketones (excluding diaryl/α,β-unsaturated/α-hetero) is 2. The number of nitrogens with zero attached hydrogens (tertiary/aromatic N) is 2. The van der Waals surface area contributed by atoms with E-state index in [2.05, 4.69) is 9.80 Å². The summed E-state index contributed by atoms with van der Waals surface area (Å²) in [6, 6.07) is 6.86. The van der Waals surface area contributed by atoms with Gasteiger partial charge in [0.25, 0.3) is 0 Å². The van der Waals surface area contributed by atoms with E-state index in [0.717, 1.165) is 48.4 Å². The Kier molecular flexibility index (Phi) is 8.21. The molecule has 2 N–H and O–H groups in total. The van der Waals surface area contributed by atoms with Crippen molar-refractivity contribution in [3.8, 4) is 23.0 Å². The average Bonchev–Trinajstić information content (AvgIpc) is 4.16. The van der Waals surface area contributed by atoms with E-state index in [-0.39, 0.29) is 74.4 Å². The third kappa shape index (κ3) is 5.01. The summed E-state index contributed by atoms with van der Waals surface area (Å²) in [5, 5.41) is 21.8. The number of likely N-dealkylation sites (tertiary alicyclic amines) is 2. The number of rotatable bonds is 13. The van der Waals surface area contributed by atoms with E-state index in [9.17, 15) is 29.4 Å². The van der Waals surface area contributed by atoms with Gasteiger partial charge in [0.1, 0.15) is 24.4 Å². The molecule has 10 aliphatic rings. The van der Waals surface area contributed by atoms with Gasteiger partial charge in [-0.15, -0.1) is 0 Å². The number of carbonyl (C=O) groups is 4. The second-order valence-corrected chi connectivity index (χ2v) is 19.4. The van der Waals surface area contributed by atoms with Crippen molar-refractivity contribution in [1.82, 2.24) is 9.80 Å². The number of hydrogen-bond donors (Lipinski definition) is 2. The second kappa shape index (κ2) is 13.1. The highest BCUT2D eigenvalue weighted by Gasteiger charge is 2.77. The molecule has 0 unspecified atom stereocenters. The fourth-order valence-corrected chi connectivity index (χ4v) is 13.8. The second-order valence-electron chi connectivity index (χ2n) is 19.4. The molecular formula is C46H52N2O12. The molecule has 60 heavy (non-hydrogen) atoms. The first-order chi connectivity index (χ1) is 29.1. The first kappa shape index (κ1) is 37.5. The van der Waals surface area contributed by atoms with Gasteiger partial charge in [0, 0.05) is 37.1 Å². The zero-order valence-corrected chi connectivity index (χ0v) is 33.8. The smallest absolute Gasteiger partial charge is 0.332 e. The molecule has 2 aromatic carbocycles. The van der Waals surface area contributed by atoms with E-state index < -0.39 is 46.2 Å². The molecule has 0 radical (unpaired) electrons. The van der Waals surface area contributed by atoms with Crippen molar-refractivity contribution in [3.05, 3.63) is 46.5 Å². The Morgan fingerprint density at radius 2 is 1.08 bits per heavy atom. The number of benzene rings is 2. The summed E-state index contributed by atoms with van der Waals surface area (Å²) in [4.78, 5) is 59.8. The lowest BCUT2D eigenvalue weighted by atomic mass is 9.48. The summed E-state index contributed by atoms with van der Waals surface area (Å²) in [6.07, 6.45) is 6.67. The van der Waals surface area contributed by atoms with E-state index in [4.69, 9.17) is 28.4 Å². The molecule has 4 bridgehead atoms. The van der Waals surface area contributed by atoms with Crippen molar-refractivity contribution in [2.75, 3.05) is 52.6 Å². The molecule has 14 heteroatoms. The molecular weight excluding hydrogens is 773 g/mol. The highest BCUT2D eigenvalue weighted by atomic mass is 16.6. The molecule has 0 amide bonds. The topological polar surface area (TPSA) is 171 Å². The molecule has 4 heterocycles. The van der Waals surface area contributed by atoms with Crippen LogP contribution in [0.25, 0.3) is 0 Å². The van der Waals surface area contributed by atoms with Gasteiger partial charge in [-0.25, -0.2) is 9.59 Å². The highest BCUT2D eigenvalue weighted by molar-refractivity contribution is 5.91. The van der Waals surface area contributed by atoms with Gasteiger partial charge in [-0.05, 0) is 112 Å². The Labute approximate surface area is 347 Å². The van der Waals surface area contributed by atoms with Crippen LogP contribution in [0.5, 0.6) is 23.0 Å². The fourth-order valence-electron chi connectivity index (χ4n) is 13.8. The summed E-state index contributed by atoms with van der Waals surface area (Å²) < 4.78 is 37.6. The van der Waals surface area contributed by atoms with Crippen LogP contribution in [0.3, 0.4) is 0 Å². The number of ketones is 2. The SMILES string of the molecule is O=C(COCCOCC(=O)O[C@@]12CCC(=O)[C@@H]3Oc4c(O)ccc5c4[C@@]31CCN(CC1CC1)[C@@H]2C5)O[C@@]12CCC(=O)[C@@H]3Oc4c(O)ccc5c4[C@@]31CCN(CC1CC1)[C@@H]2C5. The molecule has 2 saturated heterocycles. The molecule has 4 aliphatic heterocycles. The molecule has 0 aromatic heterocycles. The Balaban J connectivity index is 0.725. The summed E-state index contributed by atoms with van der Waals surface area (Å²) in [6.45, 7) is 2.72. The maximum absolute atomic E-state index is 13.9. The zero-order chi connectivity index (χ0) is 40.8. The Morgan fingerprint density at radius 1 is 0.650 bits per heavy atom. The maximum Gasteiger partial charge on any atom is 0.332 e. The van der Waals surface area contributed by atoms with Crippen LogP contribution in [0.1, 0.15) is 86.5 Å². The number of aromatic hydroxyl groups is 2. The Hall–Kier alpha value is -4.24. The van der Waals surface area contributed by atoms with Crippen molar-refractivity contribution in [2.24, 2.45) is 11.8 Å². The van der Waals surface area contributed by atoms with Gasteiger partial charge in [0.05, 0.1) is 36.1 Å². The minimum Gasteiger partial charge on any atom is -0.504 e. The molecule has 318 valence electrons. The zero-order valence-electron chi connectivity index (χ0n) is 33.8. The molecule has 4 saturated carbocycles. The lowest BCUT2D eigenvalue weighted by Crippen LogP contribution is -2.78. The molecule has 14 nitrogen and oxygen atoms in total. The summed E-state index contributed by atoms with van der Waals surface area (Å²) >= 11 is 0. The monoisotopic (exact) mass is 824 g/mol. The normalized spacial score (nSPS) is 36.5. The van der Waals surface area contributed by atoms with Crippen molar-refractivity contribution < 1.29 is 57.8 Å². The van der Waals surface area contributed by atoms with E-state index in [1.807, 2.05) is 12.1 Å². The van der Waals surface area contributed by atoms with Gasteiger partial charge in [-0.1, -0.05) is 12.1 Å². The van der Waals surface area contributed by atoms with Crippen molar-refractivity contribution in [3.63, 3.8) is 0 Å². The standard InChI is InChI=1S/C46H52N2O12/c49-29-7-5-27-19-33-45(11-9-31(51)41-43(45,37(27)39(29)57-41)13-15-47(33)21-25-1-2-25)59-35(53)23-55-17-18-56-24-36(54)60-46-12-10-32(52)42-44(46)14-16-48(22-26-3-4-26)34(46)20-28-6-8-30(50)40(58-42)38(28)44/h5-8,25-26,33-34,41-42,49-50H,1-4,9-24H2/t33-,34-,41+,42+,43+,44+,45-,46-/m1/s1. The Morgan fingerprint density at radius 3 is 1.50 bits per heavy atom. The third-order valence-corrected chi connectivity index (χ3v) is 16.4. The highest BCUT2D eigenvalue weighted by Crippen LogP contribution is 2.68. The van der Waals surface area contributed by atoms with Gasteiger partial charge in [0.2, 0.25) is 0 Å². The van der Waals surface area contributed by atoms with Crippen LogP contribution < -0.4 is 9.47 Å². The van der Waals surface area contributed by atoms with Crippen LogP contribution in [0, 0.1) is 11.8 Å². The number of hydrogen-bond acceptors (Lipinski definition) is 14. The fraction of sp³-hybridized carbons (Fsp3) is 0.652. The van der Waals surface area contributed by atoms with Crippen molar-refractivity contribution >= 4 is 23.5 Å². The molecule has 6 fully saturated rings. The molecule has 6 aliphatic carbocycles. The van der Waals surface area contributed by atoms with Gasteiger partial charge < -0.3 is 38.6 Å². The van der Waals surface area contributed by atoms with Crippen molar-refractivity contribution in [2.45, 2.75) is 123 Å². The van der Waals surface area contributed by atoms with E-state index >= 15 is 0 Å². The molecule has 2 aromatic rings.